The van der Waals surface area contributed by atoms with E-state index in [9.17, 15) is 28.3 Å². The summed E-state index contributed by atoms with van der Waals surface area (Å²) >= 11 is 0. The Hall–Kier alpha value is -7.09. The van der Waals surface area contributed by atoms with Crippen molar-refractivity contribution in [2.24, 2.45) is 0 Å². The number of halogens is 2. The quantitative estimate of drug-likeness (QED) is 0.133. The third-order valence-corrected chi connectivity index (χ3v) is 11.1. The monoisotopic (exact) mass is 828 g/mol. The van der Waals surface area contributed by atoms with E-state index in [0.717, 1.165) is 39.6 Å². The summed E-state index contributed by atoms with van der Waals surface area (Å²) in [6.45, 7) is 7.34. The maximum atomic E-state index is 14.2. The Balaban J connectivity index is 0.994. The van der Waals surface area contributed by atoms with Crippen LogP contribution >= 0.6 is 0 Å². The number of aliphatic carboxylic acids is 1. The number of hydrogen-bond acceptors (Lipinski definition) is 9. The highest BCUT2D eigenvalue weighted by Gasteiger charge is 2.39. The Morgan fingerprint density at radius 1 is 0.902 bits per heavy atom. The molecule has 4 heterocycles. The number of hydrogen-bond donors (Lipinski definition) is 2. The van der Waals surface area contributed by atoms with Gasteiger partial charge in [-0.05, 0) is 108 Å². The predicted octanol–water partition coefficient (Wildman–Crippen LogP) is 7.72. The zero-order valence-electron chi connectivity index (χ0n) is 33.8. The molecule has 0 radical (unpaired) electrons. The first-order valence-electron chi connectivity index (χ1n) is 19.7. The van der Waals surface area contributed by atoms with E-state index in [1.54, 1.807) is 44.3 Å². The Labute approximate surface area is 350 Å². The fourth-order valence-corrected chi connectivity index (χ4v) is 7.74. The van der Waals surface area contributed by atoms with Gasteiger partial charge in [0.15, 0.2) is 29.2 Å². The molecule has 6 aromatic rings. The van der Waals surface area contributed by atoms with Crippen LogP contribution in [-0.4, -0.2) is 56.4 Å². The molecular formula is C47H42F2N4O8. The molecule has 61 heavy (non-hydrogen) atoms. The highest BCUT2D eigenvalue weighted by molar-refractivity contribution is 5.98. The zero-order chi connectivity index (χ0) is 42.9. The van der Waals surface area contributed by atoms with Crippen molar-refractivity contribution in [3.63, 3.8) is 0 Å². The molecule has 2 N–H and O–H groups in total. The Morgan fingerprint density at radius 2 is 1.62 bits per heavy atom. The van der Waals surface area contributed by atoms with Gasteiger partial charge in [-0.15, -0.1) is 0 Å². The van der Waals surface area contributed by atoms with E-state index < -0.39 is 47.6 Å². The van der Waals surface area contributed by atoms with Gasteiger partial charge in [0.05, 0.1) is 0 Å². The minimum Gasteiger partial charge on any atom is -0.489 e. The van der Waals surface area contributed by atoms with Crippen molar-refractivity contribution in [1.29, 1.82) is 0 Å². The number of aromatic nitrogens is 2. The summed E-state index contributed by atoms with van der Waals surface area (Å²) < 4.78 is 51.1. The lowest BCUT2D eigenvalue weighted by Gasteiger charge is -2.37. The molecule has 0 saturated carbocycles. The van der Waals surface area contributed by atoms with E-state index in [-0.39, 0.29) is 44.2 Å². The average Bonchev–Trinajstić information content (AvgIpc) is 3.59. The first kappa shape index (κ1) is 40.7. The van der Waals surface area contributed by atoms with Crippen LogP contribution in [-0.2, 0) is 35.6 Å². The number of pyridine rings is 1. The number of rotatable bonds is 11. The smallest absolute Gasteiger partial charge is 0.326 e. The molecule has 8 rings (SSSR count). The maximum absolute atomic E-state index is 14.2. The Bertz CT molecular complexity index is 2630. The summed E-state index contributed by atoms with van der Waals surface area (Å²) in [4.78, 5) is 51.0. The van der Waals surface area contributed by atoms with Gasteiger partial charge in [-0.25, -0.2) is 18.6 Å². The van der Waals surface area contributed by atoms with Gasteiger partial charge in [-0.1, -0.05) is 36.4 Å². The number of oxazole rings is 1. The molecule has 2 amide bonds. The van der Waals surface area contributed by atoms with Crippen LogP contribution in [0.25, 0.3) is 11.1 Å². The molecule has 4 aromatic carbocycles. The Morgan fingerprint density at radius 3 is 2.31 bits per heavy atom. The summed E-state index contributed by atoms with van der Waals surface area (Å²) in [6, 6.07) is 21.0. The van der Waals surface area contributed by atoms with Crippen LogP contribution in [0.1, 0.15) is 67.3 Å². The molecule has 2 aromatic heterocycles. The van der Waals surface area contributed by atoms with Crippen molar-refractivity contribution in [1.82, 2.24) is 20.2 Å². The van der Waals surface area contributed by atoms with Crippen molar-refractivity contribution < 1.29 is 46.9 Å². The lowest BCUT2D eigenvalue weighted by molar-refractivity contribution is -0.142. The van der Waals surface area contributed by atoms with E-state index in [4.69, 9.17) is 18.6 Å². The van der Waals surface area contributed by atoms with Crippen LogP contribution in [0.15, 0.2) is 95.5 Å². The molecule has 14 heteroatoms. The van der Waals surface area contributed by atoms with Gasteiger partial charge in [0.1, 0.15) is 48.4 Å². The minimum absolute atomic E-state index is 0.00669. The summed E-state index contributed by atoms with van der Waals surface area (Å²) in [5.74, 6) is -1.76. The molecule has 3 atom stereocenters. The topological polar surface area (TPSA) is 153 Å². The number of amides is 2. The van der Waals surface area contributed by atoms with Crippen LogP contribution in [0.3, 0.4) is 0 Å². The highest BCUT2D eigenvalue weighted by Crippen LogP contribution is 2.41. The molecule has 0 spiro atoms. The number of carbonyl (C=O) groups is 3. The fraction of sp³-hybridized carbons (Fsp3) is 0.255. The summed E-state index contributed by atoms with van der Waals surface area (Å²) in [7, 11) is 0. The SMILES string of the molecule is Cc1nc(C(=O)N2Cc3cc4c(cc3C[C@H]2C(=O)NC(Cc2ccc(-c3ccnc(C)c3C)cc2)C(=O)O)OC[C@H](c2ccc(OCc3cc(F)cc(F)c3)cc2)O4)c(C)o1. The first-order valence-corrected chi connectivity index (χ1v) is 19.7. The third-order valence-electron chi connectivity index (χ3n) is 11.1. The fourth-order valence-electron chi connectivity index (χ4n) is 7.74. The van der Waals surface area contributed by atoms with Gasteiger partial charge >= 0.3 is 5.97 Å². The summed E-state index contributed by atoms with van der Waals surface area (Å²) in [5.41, 5.74) is 7.33. The van der Waals surface area contributed by atoms with Crippen LogP contribution in [0.2, 0.25) is 0 Å². The second-order valence-corrected chi connectivity index (χ2v) is 15.3. The van der Waals surface area contributed by atoms with Crippen molar-refractivity contribution in [2.75, 3.05) is 6.61 Å². The van der Waals surface area contributed by atoms with Crippen molar-refractivity contribution >= 4 is 17.8 Å². The second-order valence-electron chi connectivity index (χ2n) is 15.3. The van der Waals surface area contributed by atoms with Crippen LogP contribution in [0.4, 0.5) is 8.78 Å². The van der Waals surface area contributed by atoms with E-state index in [0.29, 0.717) is 39.7 Å². The van der Waals surface area contributed by atoms with Gasteiger partial charge in [0.2, 0.25) is 5.91 Å². The molecule has 0 saturated heterocycles. The van der Waals surface area contributed by atoms with Crippen LogP contribution < -0.4 is 19.5 Å². The molecule has 2 aliphatic rings. The number of ether oxygens (including phenoxy) is 3. The van der Waals surface area contributed by atoms with Gasteiger partial charge in [0.25, 0.3) is 5.91 Å². The number of carboxylic acids is 1. The molecule has 1 unspecified atom stereocenters. The van der Waals surface area contributed by atoms with Gasteiger partial charge in [0, 0.05) is 44.3 Å². The number of carbonyl (C=O) groups excluding carboxylic acids is 2. The van der Waals surface area contributed by atoms with Crippen LogP contribution in [0.5, 0.6) is 17.2 Å². The predicted molar refractivity (Wildman–Crippen MR) is 218 cm³/mol. The number of carboxylic acid groups (broad SMARTS) is 1. The number of benzene rings is 4. The summed E-state index contributed by atoms with van der Waals surface area (Å²) in [5, 5.41) is 13.0. The molecule has 12 nitrogen and oxygen atoms in total. The highest BCUT2D eigenvalue weighted by atomic mass is 19.1. The largest absolute Gasteiger partial charge is 0.489 e. The number of aryl methyl sites for hydroxylation is 3. The zero-order valence-corrected chi connectivity index (χ0v) is 33.8. The molecule has 0 aliphatic carbocycles. The van der Waals surface area contributed by atoms with Gasteiger partial charge in [-0.2, -0.15) is 0 Å². The van der Waals surface area contributed by atoms with Crippen molar-refractivity contribution in [2.45, 2.75) is 71.9 Å². The number of nitrogens with zero attached hydrogens (tertiary/aromatic N) is 3. The van der Waals surface area contributed by atoms with E-state index in [1.165, 1.54) is 17.0 Å². The van der Waals surface area contributed by atoms with Crippen molar-refractivity contribution in [3.8, 4) is 28.4 Å². The van der Waals surface area contributed by atoms with E-state index in [2.05, 4.69) is 15.3 Å². The number of nitrogens with one attached hydrogen (secondary N) is 1. The minimum atomic E-state index is -1.28. The van der Waals surface area contributed by atoms with Gasteiger partial charge < -0.3 is 34.0 Å². The average molecular weight is 829 g/mol. The lowest BCUT2D eigenvalue weighted by Crippen LogP contribution is -2.56. The summed E-state index contributed by atoms with van der Waals surface area (Å²) in [6.07, 6.45) is 1.34. The van der Waals surface area contributed by atoms with E-state index in [1.807, 2.05) is 56.3 Å². The number of fused-ring (bicyclic) bond motifs is 2. The van der Waals surface area contributed by atoms with Crippen molar-refractivity contribution in [3.05, 3.63) is 159 Å². The molecule has 2 aliphatic heterocycles. The first-order chi connectivity index (χ1) is 29.3. The molecule has 0 bridgehead atoms. The third kappa shape index (κ3) is 8.79. The van der Waals surface area contributed by atoms with Gasteiger partial charge in [-0.3, -0.25) is 14.6 Å². The maximum Gasteiger partial charge on any atom is 0.326 e. The molecular weight excluding hydrogens is 787 g/mol. The molecule has 0 fully saturated rings. The van der Waals surface area contributed by atoms with E-state index >= 15 is 0 Å². The Kier molecular flexibility index (Phi) is 11.3. The standard InChI is InChI=1S/C47H42F2N4O8/c1-25-26(2)50-14-13-38(25)31-7-5-29(6-8-31)17-39(47(56)57)52-45(54)40-18-33-19-41-42(20-34(33)22-53(40)46(55)44-27(3)60-28(4)51-44)61-43(24-59-41)32-9-11-37(12-10-32)58-23-30-15-35(48)21-36(49)16-30/h5-16,19-21,39-40,43H,17-18,22-24H2,1-4H3,(H,52,54)(H,56,57)/t39?,40-,43+/m0/s1. The lowest BCUT2D eigenvalue weighted by atomic mass is 9.91. The second kappa shape index (κ2) is 16.9. The molecule has 312 valence electrons. The van der Waals surface area contributed by atoms with Crippen LogP contribution in [0, 0.1) is 39.3 Å². The normalized spacial score (nSPS) is 16.1.